The van der Waals surface area contributed by atoms with Crippen molar-refractivity contribution in [3.05, 3.63) is 60.7 Å². The van der Waals surface area contributed by atoms with E-state index in [1.807, 2.05) is 0 Å². The molecule has 20 heavy (non-hydrogen) atoms. The molecule has 2 unspecified atom stereocenters. The lowest BCUT2D eigenvalue weighted by Gasteiger charge is -2.26. The van der Waals surface area contributed by atoms with Gasteiger partial charge >= 0.3 is 11.3 Å². The Morgan fingerprint density at radius 2 is 0.850 bits per heavy atom. The number of rotatable bonds is 5. The highest BCUT2D eigenvalue weighted by Gasteiger charge is 2.55. The lowest BCUT2D eigenvalue weighted by atomic mass is 10.4. The van der Waals surface area contributed by atoms with Gasteiger partial charge in [0.05, 0.1) is 0 Å². The summed E-state index contributed by atoms with van der Waals surface area (Å²) in [6.45, 7) is 0. The fraction of sp³-hybridized carbons (Fsp3) is 0.143. The smallest absolute Gasteiger partial charge is 0.194 e. The largest absolute Gasteiger partial charge is 0.331 e. The van der Waals surface area contributed by atoms with Crippen molar-refractivity contribution in [2.75, 3.05) is 0 Å². The highest BCUT2D eigenvalue weighted by Crippen LogP contribution is 2.54. The Kier molecular flexibility index (Phi) is 4.78. The van der Waals surface area contributed by atoms with Crippen LogP contribution in [-0.2, 0) is 0 Å². The molecule has 6 heteroatoms. The Morgan fingerprint density at radius 1 is 0.550 bits per heavy atom. The maximum Gasteiger partial charge on any atom is 0.331 e. The summed E-state index contributed by atoms with van der Waals surface area (Å²) in [5.41, 5.74) is -8.08. The minimum Gasteiger partial charge on any atom is -0.194 e. The molecule has 0 heterocycles. The van der Waals surface area contributed by atoms with Gasteiger partial charge in [-0.05, 0) is 27.8 Å². The summed E-state index contributed by atoms with van der Waals surface area (Å²) in [6, 6.07) is 15.3. The zero-order valence-corrected chi connectivity index (χ0v) is 12.3. The van der Waals surface area contributed by atoms with Crippen molar-refractivity contribution < 1.29 is 17.6 Å². The monoisotopic (exact) mass is 318 g/mol. The van der Waals surface area contributed by atoms with Crippen molar-refractivity contribution in [3.63, 3.8) is 0 Å². The van der Waals surface area contributed by atoms with E-state index >= 15 is 0 Å². The van der Waals surface area contributed by atoms with Crippen LogP contribution in [0, 0.1) is 0 Å². The normalized spacial score (nSPS) is 13.6. The van der Waals surface area contributed by atoms with Crippen LogP contribution < -0.4 is 10.6 Å². The maximum absolute atomic E-state index is 13.8. The van der Waals surface area contributed by atoms with E-state index in [9.17, 15) is 17.6 Å². The summed E-state index contributed by atoms with van der Waals surface area (Å²) in [7, 11) is -2.48. The Labute approximate surface area is 118 Å². The van der Waals surface area contributed by atoms with Gasteiger partial charge in [0.25, 0.3) is 0 Å². The minimum atomic E-state index is -4.04. The van der Waals surface area contributed by atoms with Gasteiger partial charge in [0.1, 0.15) is 0 Å². The van der Waals surface area contributed by atoms with Crippen LogP contribution in [0.5, 0.6) is 0 Å². The number of halogens is 4. The molecule has 0 amide bonds. The maximum atomic E-state index is 13.8. The molecule has 0 aliphatic carbocycles. The summed E-state index contributed by atoms with van der Waals surface area (Å²) < 4.78 is 55.4. The fourth-order valence-electron chi connectivity index (χ4n) is 1.56. The van der Waals surface area contributed by atoms with Crippen molar-refractivity contribution in [1.82, 2.24) is 0 Å². The van der Waals surface area contributed by atoms with E-state index in [4.69, 9.17) is 0 Å². The second kappa shape index (κ2) is 6.20. The van der Waals surface area contributed by atoms with Gasteiger partial charge in [-0.1, -0.05) is 60.7 Å². The second-order valence-corrected chi connectivity index (χ2v) is 7.04. The standard InChI is InChI=1S/C14H12F4P2/c15-13(16,19-11-7-3-1-4-8-11)14(17,18)20-12-9-5-2-6-10-12/h1-10,19-20H. The summed E-state index contributed by atoms with van der Waals surface area (Å²) >= 11 is 0. The Hall–Kier alpha value is -0.980. The SMILES string of the molecule is FC(F)(Pc1ccccc1)C(F)(F)Pc1ccccc1. The third-order valence-electron chi connectivity index (χ3n) is 2.54. The van der Waals surface area contributed by atoms with Gasteiger partial charge in [-0.25, -0.2) is 0 Å². The average molecular weight is 318 g/mol. The zero-order chi connectivity index (χ0) is 14.6. The highest BCUT2D eigenvalue weighted by atomic mass is 31.1. The molecule has 106 valence electrons. The summed E-state index contributed by atoms with van der Waals surface area (Å²) in [5, 5.41) is 0.463. The molecule has 0 aliphatic heterocycles. The lowest BCUT2D eigenvalue weighted by Crippen LogP contribution is -2.35. The molecule has 0 aliphatic rings. The van der Waals surface area contributed by atoms with E-state index < -0.39 is 28.5 Å². The Bertz CT molecular complexity index is 492. The second-order valence-electron chi connectivity index (χ2n) is 4.13. The molecule has 0 saturated heterocycles. The average Bonchev–Trinajstić information content (AvgIpc) is 2.40. The molecule has 2 aromatic rings. The van der Waals surface area contributed by atoms with Crippen molar-refractivity contribution in [2.45, 2.75) is 11.3 Å². The first-order chi connectivity index (χ1) is 9.41. The van der Waals surface area contributed by atoms with Crippen molar-refractivity contribution in [2.24, 2.45) is 0 Å². The topological polar surface area (TPSA) is 0 Å². The predicted molar refractivity (Wildman–Crippen MR) is 78.7 cm³/mol. The first-order valence-electron chi connectivity index (χ1n) is 5.83. The minimum absolute atomic E-state index is 0.232. The Morgan fingerprint density at radius 3 is 1.15 bits per heavy atom. The molecular weight excluding hydrogens is 306 g/mol. The van der Waals surface area contributed by atoms with Crippen LogP contribution in [0.15, 0.2) is 60.7 Å². The molecule has 0 saturated carbocycles. The molecule has 0 aromatic heterocycles. The summed E-state index contributed by atoms with van der Waals surface area (Å²) in [4.78, 5) is 0. The van der Waals surface area contributed by atoms with Gasteiger partial charge < -0.3 is 0 Å². The molecule has 0 bridgehead atoms. The quantitative estimate of drug-likeness (QED) is 0.573. The van der Waals surface area contributed by atoms with Crippen molar-refractivity contribution >= 4 is 27.8 Å². The zero-order valence-electron chi connectivity index (χ0n) is 10.3. The van der Waals surface area contributed by atoms with Crippen LogP contribution in [0.25, 0.3) is 0 Å². The molecule has 0 radical (unpaired) electrons. The molecule has 2 atom stereocenters. The molecule has 2 aromatic carbocycles. The van der Waals surface area contributed by atoms with Gasteiger partial charge in [0.2, 0.25) is 0 Å². The molecule has 2 rings (SSSR count). The van der Waals surface area contributed by atoms with E-state index in [0.29, 0.717) is 0 Å². The van der Waals surface area contributed by atoms with Crippen molar-refractivity contribution in [3.8, 4) is 0 Å². The summed E-state index contributed by atoms with van der Waals surface area (Å²) in [5.74, 6) is 0. The van der Waals surface area contributed by atoms with Gasteiger partial charge in [-0.3, -0.25) is 0 Å². The van der Waals surface area contributed by atoms with Crippen LogP contribution in [-0.4, -0.2) is 11.3 Å². The van der Waals surface area contributed by atoms with Crippen LogP contribution >= 0.6 is 17.2 Å². The van der Waals surface area contributed by atoms with Crippen LogP contribution in [0.3, 0.4) is 0 Å². The van der Waals surface area contributed by atoms with E-state index in [1.165, 1.54) is 24.3 Å². The third-order valence-corrected chi connectivity index (χ3v) is 5.29. The molecule has 0 nitrogen and oxygen atoms in total. The van der Waals surface area contributed by atoms with Gasteiger partial charge in [-0.2, -0.15) is 17.6 Å². The van der Waals surface area contributed by atoms with Gasteiger partial charge in [0.15, 0.2) is 0 Å². The molecule has 0 N–H and O–H groups in total. The molecule has 0 fully saturated rings. The number of hydrogen-bond donors (Lipinski definition) is 0. The van der Waals surface area contributed by atoms with E-state index in [2.05, 4.69) is 0 Å². The van der Waals surface area contributed by atoms with E-state index in [-0.39, 0.29) is 10.6 Å². The lowest BCUT2D eigenvalue weighted by molar-refractivity contribution is -0.0878. The third kappa shape index (κ3) is 3.77. The van der Waals surface area contributed by atoms with Crippen LogP contribution in [0.2, 0.25) is 0 Å². The van der Waals surface area contributed by atoms with E-state index in [0.717, 1.165) is 0 Å². The first-order valence-corrected chi connectivity index (χ1v) is 7.83. The van der Waals surface area contributed by atoms with Crippen LogP contribution in [0.1, 0.15) is 0 Å². The van der Waals surface area contributed by atoms with E-state index in [1.54, 1.807) is 36.4 Å². The van der Waals surface area contributed by atoms with Gasteiger partial charge in [0, 0.05) is 0 Å². The Balaban J connectivity index is 2.14. The first kappa shape index (κ1) is 15.4. The van der Waals surface area contributed by atoms with Crippen molar-refractivity contribution in [1.29, 1.82) is 0 Å². The predicted octanol–water partition coefficient (Wildman–Crippen LogP) is 4.18. The van der Waals surface area contributed by atoms with Crippen LogP contribution in [0.4, 0.5) is 17.6 Å². The summed E-state index contributed by atoms with van der Waals surface area (Å²) in [6.07, 6.45) is 0. The number of benzene rings is 2. The number of hydrogen-bond acceptors (Lipinski definition) is 0. The molecule has 0 spiro atoms. The fourth-order valence-corrected chi connectivity index (χ4v) is 3.69. The van der Waals surface area contributed by atoms with Gasteiger partial charge in [-0.15, -0.1) is 0 Å². The molecular formula is C14H12F4P2. The number of alkyl halides is 4. The highest BCUT2D eigenvalue weighted by molar-refractivity contribution is 7.53.